The highest BCUT2D eigenvalue weighted by Gasteiger charge is 2.22. The second-order valence-electron chi connectivity index (χ2n) is 7.84. The SMILES string of the molecule is Cc1cccc(C)c1COC(CN1CCCCC1)c1c(C)cccc1C. The normalized spacial score (nSPS) is 16.6. The molecular formula is C24H33NO. The topological polar surface area (TPSA) is 12.5 Å². The van der Waals surface area contributed by atoms with Crippen LogP contribution < -0.4 is 0 Å². The Bertz CT molecular complexity index is 690. The summed E-state index contributed by atoms with van der Waals surface area (Å²) >= 11 is 0. The first-order valence-corrected chi connectivity index (χ1v) is 10.0. The van der Waals surface area contributed by atoms with E-state index in [-0.39, 0.29) is 6.10 Å². The summed E-state index contributed by atoms with van der Waals surface area (Å²) in [4.78, 5) is 2.59. The smallest absolute Gasteiger partial charge is 0.0961 e. The maximum atomic E-state index is 6.60. The van der Waals surface area contributed by atoms with E-state index < -0.39 is 0 Å². The van der Waals surface area contributed by atoms with Gasteiger partial charge in [0.25, 0.3) is 0 Å². The van der Waals surface area contributed by atoms with Gasteiger partial charge in [-0.25, -0.2) is 0 Å². The van der Waals surface area contributed by atoms with Crippen molar-refractivity contribution in [3.8, 4) is 0 Å². The number of aryl methyl sites for hydroxylation is 4. The van der Waals surface area contributed by atoms with Crippen molar-refractivity contribution in [2.45, 2.75) is 59.7 Å². The largest absolute Gasteiger partial charge is 0.367 e. The summed E-state index contributed by atoms with van der Waals surface area (Å²) in [6, 6.07) is 13.1. The van der Waals surface area contributed by atoms with Crippen molar-refractivity contribution in [2.75, 3.05) is 19.6 Å². The first-order chi connectivity index (χ1) is 12.6. The summed E-state index contributed by atoms with van der Waals surface area (Å²) in [6.07, 6.45) is 4.13. The maximum Gasteiger partial charge on any atom is 0.0961 e. The Labute approximate surface area is 159 Å². The highest BCUT2D eigenvalue weighted by atomic mass is 16.5. The van der Waals surface area contributed by atoms with Gasteiger partial charge in [0.05, 0.1) is 12.7 Å². The second kappa shape index (κ2) is 8.83. The minimum atomic E-state index is 0.133. The standard InChI is InChI=1S/C24H33NO/c1-18-10-8-11-19(2)22(18)17-26-23(16-25-14-6-5-7-15-25)24-20(3)12-9-13-21(24)4/h8-13,23H,5-7,14-17H2,1-4H3. The summed E-state index contributed by atoms with van der Waals surface area (Å²) < 4.78 is 6.60. The molecule has 1 atom stereocenters. The van der Waals surface area contributed by atoms with Crippen LogP contribution in [0.25, 0.3) is 0 Å². The number of benzene rings is 2. The lowest BCUT2D eigenvalue weighted by Crippen LogP contribution is -2.34. The van der Waals surface area contributed by atoms with Crippen LogP contribution in [0.15, 0.2) is 36.4 Å². The van der Waals surface area contributed by atoms with E-state index in [9.17, 15) is 0 Å². The fraction of sp³-hybridized carbons (Fsp3) is 0.500. The Balaban J connectivity index is 1.82. The summed E-state index contributed by atoms with van der Waals surface area (Å²) in [6.45, 7) is 12.9. The number of hydrogen-bond acceptors (Lipinski definition) is 2. The van der Waals surface area contributed by atoms with Gasteiger partial charge in [-0.2, -0.15) is 0 Å². The van der Waals surface area contributed by atoms with Crippen molar-refractivity contribution in [1.29, 1.82) is 0 Å². The van der Waals surface area contributed by atoms with Gasteiger partial charge in [0.1, 0.15) is 0 Å². The summed E-state index contributed by atoms with van der Waals surface area (Å²) in [5, 5.41) is 0. The Hall–Kier alpha value is -1.64. The molecule has 1 aliphatic rings. The van der Waals surface area contributed by atoms with Crippen molar-refractivity contribution in [3.63, 3.8) is 0 Å². The first kappa shape index (κ1) is 19.1. The number of rotatable bonds is 6. The van der Waals surface area contributed by atoms with Gasteiger partial charge in [-0.05, 0) is 87.0 Å². The van der Waals surface area contributed by atoms with Crippen LogP contribution >= 0.6 is 0 Å². The van der Waals surface area contributed by atoms with E-state index in [4.69, 9.17) is 4.74 Å². The highest BCUT2D eigenvalue weighted by Crippen LogP contribution is 2.29. The van der Waals surface area contributed by atoms with Crippen molar-refractivity contribution in [2.24, 2.45) is 0 Å². The number of ether oxygens (including phenoxy) is 1. The first-order valence-electron chi connectivity index (χ1n) is 10.0. The molecule has 3 rings (SSSR count). The van der Waals surface area contributed by atoms with Crippen LogP contribution in [-0.2, 0) is 11.3 Å². The number of likely N-dealkylation sites (tertiary alicyclic amines) is 1. The third-order valence-electron chi connectivity index (χ3n) is 5.81. The number of nitrogens with zero attached hydrogens (tertiary/aromatic N) is 1. The van der Waals surface area contributed by atoms with Crippen LogP contribution in [0.4, 0.5) is 0 Å². The second-order valence-corrected chi connectivity index (χ2v) is 7.84. The Morgan fingerprint density at radius 1 is 0.808 bits per heavy atom. The molecule has 2 aromatic rings. The molecule has 2 nitrogen and oxygen atoms in total. The Morgan fingerprint density at radius 2 is 1.35 bits per heavy atom. The van der Waals surface area contributed by atoms with Crippen LogP contribution in [0.3, 0.4) is 0 Å². The molecule has 0 N–H and O–H groups in total. The molecule has 1 aliphatic heterocycles. The predicted molar refractivity (Wildman–Crippen MR) is 110 cm³/mol. The average molecular weight is 352 g/mol. The fourth-order valence-corrected chi connectivity index (χ4v) is 4.20. The molecule has 0 saturated carbocycles. The van der Waals surface area contributed by atoms with E-state index in [1.807, 2.05) is 0 Å². The van der Waals surface area contributed by atoms with Crippen molar-refractivity contribution >= 4 is 0 Å². The number of hydrogen-bond donors (Lipinski definition) is 0. The van der Waals surface area contributed by atoms with Crippen LogP contribution in [0.2, 0.25) is 0 Å². The van der Waals surface area contributed by atoms with Crippen LogP contribution in [-0.4, -0.2) is 24.5 Å². The molecule has 2 heteroatoms. The van der Waals surface area contributed by atoms with Gasteiger partial charge >= 0.3 is 0 Å². The fourth-order valence-electron chi connectivity index (χ4n) is 4.20. The van der Waals surface area contributed by atoms with Crippen molar-refractivity contribution in [1.82, 2.24) is 4.90 Å². The third kappa shape index (κ3) is 4.55. The van der Waals surface area contributed by atoms with Gasteiger partial charge in [0.2, 0.25) is 0 Å². The molecule has 0 bridgehead atoms. The summed E-state index contributed by atoms with van der Waals surface area (Å²) in [5.74, 6) is 0. The summed E-state index contributed by atoms with van der Waals surface area (Å²) in [5.41, 5.74) is 8.04. The van der Waals surface area contributed by atoms with Crippen molar-refractivity contribution in [3.05, 3.63) is 69.8 Å². The molecule has 26 heavy (non-hydrogen) atoms. The van der Waals surface area contributed by atoms with E-state index in [2.05, 4.69) is 69.0 Å². The van der Waals surface area contributed by atoms with Crippen LogP contribution in [0, 0.1) is 27.7 Å². The highest BCUT2D eigenvalue weighted by molar-refractivity contribution is 5.36. The minimum Gasteiger partial charge on any atom is -0.367 e. The molecule has 0 aromatic heterocycles. The Morgan fingerprint density at radius 3 is 1.92 bits per heavy atom. The molecule has 0 spiro atoms. The van der Waals surface area contributed by atoms with Gasteiger partial charge in [-0.1, -0.05) is 42.8 Å². The maximum absolute atomic E-state index is 6.60. The molecule has 140 valence electrons. The van der Waals surface area contributed by atoms with E-state index in [0.717, 1.165) is 6.54 Å². The van der Waals surface area contributed by atoms with Gasteiger partial charge in [-0.3, -0.25) is 0 Å². The van der Waals surface area contributed by atoms with E-state index >= 15 is 0 Å². The number of piperidine rings is 1. The van der Waals surface area contributed by atoms with E-state index in [0.29, 0.717) is 6.61 Å². The minimum absolute atomic E-state index is 0.133. The zero-order chi connectivity index (χ0) is 18.5. The summed E-state index contributed by atoms with van der Waals surface area (Å²) in [7, 11) is 0. The molecule has 1 fully saturated rings. The average Bonchev–Trinajstić information content (AvgIpc) is 2.61. The lowest BCUT2D eigenvalue weighted by Gasteiger charge is -2.32. The van der Waals surface area contributed by atoms with Gasteiger partial charge in [0, 0.05) is 6.54 Å². The van der Waals surface area contributed by atoms with Gasteiger partial charge < -0.3 is 9.64 Å². The monoisotopic (exact) mass is 351 g/mol. The van der Waals surface area contributed by atoms with Crippen LogP contribution in [0.5, 0.6) is 0 Å². The van der Waals surface area contributed by atoms with Gasteiger partial charge in [0.15, 0.2) is 0 Å². The van der Waals surface area contributed by atoms with Crippen molar-refractivity contribution < 1.29 is 4.74 Å². The third-order valence-corrected chi connectivity index (χ3v) is 5.81. The van der Waals surface area contributed by atoms with E-state index in [1.54, 1.807) is 0 Å². The molecular weight excluding hydrogens is 318 g/mol. The van der Waals surface area contributed by atoms with E-state index in [1.165, 1.54) is 65.7 Å². The zero-order valence-electron chi connectivity index (χ0n) is 16.8. The quantitative estimate of drug-likeness (QED) is 0.665. The molecule has 2 aromatic carbocycles. The Kier molecular flexibility index (Phi) is 6.50. The van der Waals surface area contributed by atoms with Gasteiger partial charge in [-0.15, -0.1) is 0 Å². The molecule has 1 unspecified atom stereocenters. The molecule has 1 saturated heterocycles. The molecule has 0 radical (unpaired) electrons. The molecule has 0 amide bonds. The molecule has 0 aliphatic carbocycles. The molecule has 1 heterocycles. The zero-order valence-corrected chi connectivity index (χ0v) is 16.8. The van der Waals surface area contributed by atoms with Crippen LogP contribution in [0.1, 0.15) is 58.7 Å². The lowest BCUT2D eigenvalue weighted by atomic mass is 9.96. The predicted octanol–water partition coefficient (Wildman–Crippen LogP) is 5.66. The lowest BCUT2D eigenvalue weighted by molar-refractivity contribution is 0.00890.